The Hall–Kier alpha value is -1.98. The van der Waals surface area contributed by atoms with Crippen molar-refractivity contribution < 1.29 is 9.59 Å². The molecular formula is C18H17ClN2O2S. The lowest BCUT2D eigenvalue weighted by Crippen LogP contribution is -2.46. The molecule has 1 aliphatic rings. The minimum atomic E-state index is -0.790. The van der Waals surface area contributed by atoms with E-state index in [1.54, 1.807) is 29.2 Å². The van der Waals surface area contributed by atoms with Crippen molar-refractivity contribution >= 4 is 46.6 Å². The number of amides is 2. The number of fused-ring (bicyclic) bond motifs is 1. The maximum absolute atomic E-state index is 12.8. The highest BCUT2D eigenvalue weighted by Crippen LogP contribution is 2.39. The first kappa shape index (κ1) is 16.9. The monoisotopic (exact) mass is 360 g/mol. The second-order valence-electron chi connectivity index (χ2n) is 5.45. The third-order valence-electron chi connectivity index (χ3n) is 3.69. The Morgan fingerprint density at radius 2 is 1.92 bits per heavy atom. The summed E-state index contributed by atoms with van der Waals surface area (Å²) in [6.07, 6.45) is 0.830. The van der Waals surface area contributed by atoms with Gasteiger partial charge in [-0.25, -0.2) is 0 Å². The molecule has 0 saturated carbocycles. The lowest BCUT2D eigenvalue weighted by molar-refractivity contribution is -0.124. The number of benzene rings is 2. The van der Waals surface area contributed by atoms with Gasteiger partial charge in [-0.3, -0.25) is 9.59 Å². The zero-order valence-corrected chi connectivity index (χ0v) is 14.7. The summed E-state index contributed by atoms with van der Waals surface area (Å²) >= 11 is 7.15. The van der Waals surface area contributed by atoms with Crippen LogP contribution in [0.4, 0.5) is 11.4 Å². The van der Waals surface area contributed by atoms with Gasteiger partial charge in [0.15, 0.2) is 5.25 Å². The van der Waals surface area contributed by atoms with Gasteiger partial charge in [0, 0.05) is 22.2 Å². The number of halogens is 1. The molecule has 0 aromatic heterocycles. The molecule has 2 aromatic rings. The van der Waals surface area contributed by atoms with E-state index in [9.17, 15) is 9.59 Å². The molecule has 1 atom stereocenters. The van der Waals surface area contributed by atoms with Crippen LogP contribution in [0.25, 0.3) is 0 Å². The van der Waals surface area contributed by atoms with Gasteiger partial charge in [-0.1, -0.05) is 30.7 Å². The predicted molar refractivity (Wildman–Crippen MR) is 98.8 cm³/mol. The summed E-state index contributed by atoms with van der Waals surface area (Å²) in [7, 11) is 0. The molecule has 1 unspecified atom stereocenters. The highest BCUT2D eigenvalue weighted by Gasteiger charge is 2.37. The molecule has 1 aliphatic heterocycles. The third kappa shape index (κ3) is 3.42. The van der Waals surface area contributed by atoms with Crippen molar-refractivity contribution in [3.05, 3.63) is 53.6 Å². The molecule has 24 heavy (non-hydrogen) atoms. The van der Waals surface area contributed by atoms with E-state index in [0.29, 0.717) is 17.3 Å². The highest BCUT2D eigenvalue weighted by atomic mass is 35.5. The first-order valence-electron chi connectivity index (χ1n) is 7.73. The van der Waals surface area contributed by atoms with E-state index in [-0.39, 0.29) is 11.8 Å². The van der Waals surface area contributed by atoms with Crippen LogP contribution in [0.1, 0.15) is 13.3 Å². The molecule has 124 valence electrons. The van der Waals surface area contributed by atoms with Crippen LogP contribution < -0.4 is 10.2 Å². The zero-order valence-electron chi connectivity index (χ0n) is 13.2. The fourth-order valence-corrected chi connectivity index (χ4v) is 3.81. The van der Waals surface area contributed by atoms with Gasteiger partial charge in [0.1, 0.15) is 0 Å². The smallest absolute Gasteiger partial charge is 0.250 e. The predicted octanol–water partition coefficient (Wildman–Crippen LogP) is 4.20. The molecular weight excluding hydrogens is 344 g/mol. The summed E-state index contributed by atoms with van der Waals surface area (Å²) in [5, 5.41) is 2.60. The Kier molecular flexibility index (Phi) is 5.11. The average molecular weight is 361 g/mol. The minimum absolute atomic E-state index is 0.174. The van der Waals surface area contributed by atoms with Gasteiger partial charge >= 0.3 is 0 Å². The number of nitrogens with zero attached hydrogens (tertiary/aromatic N) is 1. The Morgan fingerprint density at radius 1 is 1.21 bits per heavy atom. The van der Waals surface area contributed by atoms with E-state index in [4.69, 9.17) is 11.6 Å². The number of hydrogen-bond donors (Lipinski definition) is 1. The summed E-state index contributed by atoms with van der Waals surface area (Å²) < 4.78 is 0. The van der Waals surface area contributed by atoms with Gasteiger partial charge in [0.2, 0.25) is 11.8 Å². The molecule has 2 aromatic carbocycles. The molecule has 4 nitrogen and oxygen atoms in total. The van der Waals surface area contributed by atoms with Gasteiger partial charge in [-0.15, -0.1) is 11.8 Å². The van der Waals surface area contributed by atoms with Crippen molar-refractivity contribution in [2.24, 2.45) is 0 Å². The first-order chi connectivity index (χ1) is 11.6. The van der Waals surface area contributed by atoms with Gasteiger partial charge in [-0.2, -0.15) is 0 Å². The van der Waals surface area contributed by atoms with Crippen LogP contribution >= 0.6 is 23.4 Å². The molecule has 0 fully saturated rings. The Labute approximate surface area is 150 Å². The average Bonchev–Trinajstić information content (AvgIpc) is 2.59. The number of rotatable bonds is 4. The number of thioether (sulfide) groups is 1. The van der Waals surface area contributed by atoms with E-state index in [1.165, 1.54) is 11.8 Å². The standard InChI is InChI=1S/C18H17ClN2O2S/c1-2-11-21-14-5-3-4-6-15(14)24-16(18(21)23)17(22)20-13-9-7-12(19)8-10-13/h3-10,16H,2,11H2,1H3,(H,20,22). The first-order valence-corrected chi connectivity index (χ1v) is 8.99. The van der Waals surface area contributed by atoms with Crippen molar-refractivity contribution in [3.63, 3.8) is 0 Å². The van der Waals surface area contributed by atoms with E-state index in [2.05, 4.69) is 5.32 Å². The van der Waals surface area contributed by atoms with Crippen LogP contribution in [0.2, 0.25) is 5.02 Å². The number of nitrogens with one attached hydrogen (secondary N) is 1. The summed E-state index contributed by atoms with van der Waals surface area (Å²) in [6.45, 7) is 2.61. The fraction of sp³-hybridized carbons (Fsp3) is 0.222. The number of hydrogen-bond acceptors (Lipinski definition) is 3. The molecule has 2 amide bonds. The molecule has 0 radical (unpaired) electrons. The molecule has 3 rings (SSSR count). The van der Waals surface area contributed by atoms with Crippen molar-refractivity contribution in [1.82, 2.24) is 0 Å². The van der Waals surface area contributed by atoms with Crippen LogP contribution in [0.5, 0.6) is 0 Å². The summed E-state index contributed by atoms with van der Waals surface area (Å²) in [5.74, 6) is -0.491. The summed E-state index contributed by atoms with van der Waals surface area (Å²) in [6, 6.07) is 14.5. The largest absolute Gasteiger partial charge is 0.325 e. The molecule has 0 bridgehead atoms. The number of anilines is 2. The number of carbonyl (C=O) groups excluding carboxylic acids is 2. The van der Waals surface area contributed by atoms with E-state index < -0.39 is 5.25 Å². The van der Waals surface area contributed by atoms with Crippen molar-refractivity contribution in [2.45, 2.75) is 23.5 Å². The van der Waals surface area contributed by atoms with Gasteiger partial charge in [0.25, 0.3) is 0 Å². The Bertz CT molecular complexity index is 764. The van der Waals surface area contributed by atoms with E-state index in [1.807, 2.05) is 31.2 Å². The van der Waals surface area contributed by atoms with Crippen molar-refractivity contribution in [2.75, 3.05) is 16.8 Å². The van der Waals surface area contributed by atoms with Crippen LogP contribution in [0, 0.1) is 0 Å². The SMILES string of the molecule is CCCN1C(=O)C(C(=O)Nc2ccc(Cl)cc2)Sc2ccccc21. The molecule has 1 N–H and O–H groups in total. The molecule has 0 saturated heterocycles. The third-order valence-corrected chi connectivity index (χ3v) is 5.19. The fourth-order valence-electron chi connectivity index (χ4n) is 2.58. The maximum Gasteiger partial charge on any atom is 0.250 e. The summed E-state index contributed by atoms with van der Waals surface area (Å²) in [4.78, 5) is 28.0. The second kappa shape index (κ2) is 7.28. The second-order valence-corrected chi connectivity index (χ2v) is 7.04. The maximum atomic E-state index is 12.8. The minimum Gasteiger partial charge on any atom is -0.325 e. The van der Waals surface area contributed by atoms with Crippen LogP contribution in [0.3, 0.4) is 0 Å². The summed E-state index contributed by atoms with van der Waals surface area (Å²) in [5.41, 5.74) is 1.50. The van der Waals surface area contributed by atoms with E-state index >= 15 is 0 Å². The molecule has 0 spiro atoms. The Morgan fingerprint density at radius 3 is 2.62 bits per heavy atom. The number of para-hydroxylation sites is 1. The van der Waals surface area contributed by atoms with Gasteiger partial charge in [0.05, 0.1) is 5.69 Å². The Balaban J connectivity index is 1.84. The topological polar surface area (TPSA) is 49.4 Å². The van der Waals surface area contributed by atoms with Crippen LogP contribution in [-0.4, -0.2) is 23.6 Å². The normalized spacial score (nSPS) is 16.7. The van der Waals surface area contributed by atoms with E-state index in [0.717, 1.165) is 17.0 Å². The van der Waals surface area contributed by atoms with Crippen molar-refractivity contribution in [3.8, 4) is 0 Å². The lowest BCUT2D eigenvalue weighted by atomic mass is 10.2. The van der Waals surface area contributed by atoms with Gasteiger partial charge < -0.3 is 10.2 Å². The van der Waals surface area contributed by atoms with Crippen molar-refractivity contribution in [1.29, 1.82) is 0 Å². The van der Waals surface area contributed by atoms with Gasteiger partial charge in [-0.05, 0) is 42.8 Å². The zero-order chi connectivity index (χ0) is 17.1. The molecule has 0 aliphatic carbocycles. The highest BCUT2D eigenvalue weighted by molar-refractivity contribution is 8.01. The lowest BCUT2D eigenvalue weighted by Gasteiger charge is -2.32. The number of carbonyl (C=O) groups is 2. The van der Waals surface area contributed by atoms with Crippen LogP contribution in [0.15, 0.2) is 53.4 Å². The van der Waals surface area contributed by atoms with Crippen LogP contribution in [-0.2, 0) is 9.59 Å². The molecule has 6 heteroatoms. The molecule has 1 heterocycles. The quantitative estimate of drug-likeness (QED) is 0.831.